The third-order valence-corrected chi connectivity index (χ3v) is 4.49. The van der Waals surface area contributed by atoms with Gasteiger partial charge in [0.1, 0.15) is 0 Å². The summed E-state index contributed by atoms with van der Waals surface area (Å²) in [6.45, 7) is 6.67. The van der Waals surface area contributed by atoms with Crippen molar-refractivity contribution in [1.29, 1.82) is 0 Å². The van der Waals surface area contributed by atoms with Gasteiger partial charge in [0.25, 0.3) is 0 Å². The number of guanidine groups is 1. The molecule has 0 saturated carbocycles. The van der Waals surface area contributed by atoms with E-state index in [1.54, 1.807) is 18.9 Å². The van der Waals surface area contributed by atoms with E-state index in [9.17, 15) is 0 Å². The Morgan fingerprint density at radius 1 is 1.12 bits per heavy atom. The molecule has 142 valence electrons. The number of methoxy groups -OCH3 is 1. The summed E-state index contributed by atoms with van der Waals surface area (Å²) in [7, 11) is 1.68. The van der Waals surface area contributed by atoms with E-state index in [1.807, 2.05) is 24.3 Å². The fourth-order valence-electron chi connectivity index (χ4n) is 1.96. The topological polar surface area (TPSA) is 54.9 Å². The van der Waals surface area contributed by atoms with Crippen molar-refractivity contribution >= 4 is 29.3 Å². The summed E-state index contributed by atoms with van der Waals surface area (Å²) < 4.78 is 10.4. The normalized spacial score (nSPS) is 11.6. The summed E-state index contributed by atoms with van der Waals surface area (Å²) in [5.74, 6) is 1.85. The van der Waals surface area contributed by atoms with Gasteiger partial charge in [0, 0.05) is 49.0 Å². The molecule has 2 N–H and O–H groups in total. The van der Waals surface area contributed by atoms with E-state index < -0.39 is 0 Å². The van der Waals surface area contributed by atoms with Crippen molar-refractivity contribution in [1.82, 2.24) is 10.6 Å². The number of thioether (sulfide) groups is 1. The van der Waals surface area contributed by atoms with Gasteiger partial charge in [0.15, 0.2) is 5.96 Å². The van der Waals surface area contributed by atoms with Crippen molar-refractivity contribution in [3.8, 4) is 0 Å². The van der Waals surface area contributed by atoms with Crippen LogP contribution >= 0.6 is 23.4 Å². The van der Waals surface area contributed by atoms with Crippen LogP contribution in [0.2, 0.25) is 5.02 Å². The van der Waals surface area contributed by atoms with Crippen LogP contribution in [0.25, 0.3) is 0 Å². The van der Waals surface area contributed by atoms with Crippen molar-refractivity contribution < 1.29 is 9.47 Å². The first-order valence-corrected chi connectivity index (χ1v) is 10.1. The third-order valence-electron chi connectivity index (χ3n) is 3.22. The molecule has 5 nitrogen and oxygen atoms in total. The molecule has 1 aromatic carbocycles. The summed E-state index contributed by atoms with van der Waals surface area (Å²) in [5.41, 5.74) is 0. The minimum absolute atomic E-state index is 0.653. The number of ether oxygens (including phenoxy) is 2. The summed E-state index contributed by atoms with van der Waals surface area (Å²) in [4.78, 5) is 5.81. The summed E-state index contributed by atoms with van der Waals surface area (Å²) in [6, 6.07) is 7.92. The second-order valence-corrected chi connectivity index (χ2v) is 6.91. The number of rotatable bonds is 13. The van der Waals surface area contributed by atoms with Crippen molar-refractivity contribution in [2.45, 2.75) is 24.7 Å². The van der Waals surface area contributed by atoms with Crippen LogP contribution in [0.1, 0.15) is 19.8 Å². The van der Waals surface area contributed by atoms with E-state index in [4.69, 9.17) is 21.1 Å². The van der Waals surface area contributed by atoms with Crippen LogP contribution in [0.3, 0.4) is 0 Å². The van der Waals surface area contributed by atoms with Gasteiger partial charge < -0.3 is 20.1 Å². The second-order valence-electron chi connectivity index (χ2n) is 5.30. The van der Waals surface area contributed by atoms with Gasteiger partial charge in [0.2, 0.25) is 0 Å². The van der Waals surface area contributed by atoms with Crippen molar-refractivity contribution in [2.24, 2.45) is 4.99 Å². The van der Waals surface area contributed by atoms with Crippen molar-refractivity contribution in [3.05, 3.63) is 29.3 Å². The standard InChI is InChI=1S/C18H30ClN3O2S/c1-3-20-18(21-10-4-5-12-24-14-13-23-2)22-11-15-25-17-8-6-16(19)7-9-17/h6-9H,3-5,10-15H2,1-2H3,(H2,20,21,22). The smallest absolute Gasteiger partial charge is 0.191 e. The molecule has 0 radical (unpaired) electrons. The van der Waals surface area contributed by atoms with Crippen molar-refractivity contribution in [3.63, 3.8) is 0 Å². The summed E-state index contributed by atoms with van der Waals surface area (Å²) in [6.07, 6.45) is 2.03. The molecule has 0 amide bonds. The lowest BCUT2D eigenvalue weighted by Gasteiger charge is -2.11. The first-order valence-electron chi connectivity index (χ1n) is 8.73. The van der Waals surface area contributed by atoms with E-state index in [-0.39, 0.29) is 0 Å². The quantitative estimate of drug-likeness (QED) is 0.235. The first kappa shape index (κ1) is 22.1. The molecule has 0 aromatic heterocycles. The van der Waals surface area contributed by atoms with Gasteiger partial charge in [-0.15, -0.1) is 11.8 Å². The number of hydrogen-bond donors (Lipinski definition) is 2. The zero-order valence-corrected chi connectivity index (χ0v) is 16.8. The lowest BCUT2D eigenvalue weighted by atomic mass is 10.3. The lowest BCUT2D eigenvalue weighted by Crippen LogP contribution is -2.38. The van der Waals surface area contributed by atoms with Crippen LogP contribution in [0.4, 0.5) is 0 Å². The Balaban J connectivity index is 2.14. The molecule has 0 fully saturated rings. The van der Waals surface area contributed by atoms with Gasteiger partial charge in [-0.25, -0.2) is 0 Å². The van der Waals surface area contributed by atoms with E-state index in [1.165, 1.54) is 4.90 Å². The molecule has 0 spiro atoms. The highest BCUT2D eigenvalue weighted by Gasteiger charge is 1.98. The molecule has 25 heavy (non-hydrogen) atoms. The second kappa shape index (κ2) is 15.3. The van der Waals surface area contributed by atoms with E-state index >= 15 is 0 Å². The average molecular weight is 388 g/mol. The maximum Gasteiger partial charge on any atom is 0.191 e. The molecule has 7 heteroatoms. The van der Waals surface area contributed by atoms with Crippen LogP contribution in [0.5, 0.6) is 0 Å². The first-order chi connectivity index (χ1) is 12.3. The molecule has 0 unspecified atom stereocenters. The number of nitrogens with zero attached hydrogens (tertiary/aromatic N) is 1. The predicted octanol–water partition coefficient (Wildman–Crippen LogP) is 3.43. The van der Waals surface area contributed by atoms with Gasteiger partial charge in [-0.3, -0.25) is 4.99 Å². The highest BCUT2D eigenvalue weighted by molar-refractivity contribution is 7.99. The summed E-state index contributed by atoms with van der Waals surface area (Å²) in [5, 5.41) is 7.41. The Labute approximate surface area is 160 Å². The molecular formula is C18H30ClN3O2S. The fraction of sp³-hybridized carbons (Fsp3) is 0.611. The highest BCUT2D eigenvalue weighted by Crippen LogP contribution is 2.19. The molecule has 0 atom stereocenters. The zero-order chi connectivity index (χ0) is 18.2. The van der Waals surface area contributed by atoms with Crippen LogP contribution in [-0.2, 0) is 9.47 Å². The fourth-order valence-corrected chi connectivity index (χ4v) is 2.86. The Morgan fingerprint density at radius 2 is 1.92 bits per heavy atom. The van der Waals surface area contributed by atoms with Crippen LogP contribution < -0.4 is 10.6 Å². The van der Waals surface area contributed by atoms with Crippen LogP contribution in [0.15, 0.2) is 34.2 Å². The minimum atomic E-state index is 0.653. The van der Waals surface area contributed by atoms with Crippen LogP contribution in [-0.4, -0.2) is 58.3 Å². The molecule has 1 rings (SSSR count). The number of aliphatic imine (C=N–C) groups is 1. The number of unbranched alkanes of at least 4 members (excludes halogenated alkanes) is 1. The third kappa shape index (κ3) is 12.1. The van der Waals surface area contributed by atoms with Crippen molar-refractivity contribution in [2.75, 3.05) is 52.3 Å². The van der Waals surface area contributed by atoms with E-state index in [2.05, 4.69) is 22.5 Å². The molecule has 1 aromatic rings. The van der Waals surface area contributed by atoms with Gasteiger partial charge in [-0.2, -0.15) is 0 Å². The predicted molar refractivity (Wildman–Crippen MR) is 108 cm³/mol. The average Bonchev–Trinajstić information content (AvgIpc) is 2.62. The van der Waals surface area contributed by atoms with Gasteiger partial charge >= 0.3 is 0 Å². The molecule has 0 aliphatic rings. The number of nitrogens with one attached hydrogen (secondary N) is 2. The molecule has 0 saturated heterocycles. The van der Waals surface area contributed by atoms with E-state index in [0.717, 1.165) is 55.8 Å². The maximum absolute atomic E-state index is 5.89. The molecule has 0 bridgehead atoms. The molecule has 0 aliphatic heterocycles. The molecule has 0 heterocycles. The number of halogens is 1. The van der Waals surface area contributed by atoms with Gasteiger partial charge in [0.05, 0.1) is 13.2 Å². The SMILES string of the molecule is CCNC(=NCCCCOCCOC)NCCSc1ccc(Cl)cc1. The molecule has 0 aliphatic carbocycles. The Kier molecular flexibility index (Phi) is 13.5. The Hall–Kier alpha value is -0.950. The maximum atomic E-state index is 5.89. The largest absolute Gasteiger partial charge is 0.382 e. The van der Waals surface area contributed by atoms with Crippen LogP contribution in [0, 0.1) is 0 Å². The molecular weight excluding hydrogens is 358 g/mol. The summed E-state index contributed by atoms with van der Waals surface area (Å²) >= 11 is 7.69. The zero-order valence-electron chi connectivity index (χ0n) is 15.2. The van der Waals surface area contributed by atoms with Gasteiger partial charge in [-0.05, 0) is 44.0 Å². The van der Waals surface area contributed by atoms with E-state index in [0.29, 0.717) is 13.2 Å². The lowest BCUT2D eigenvalue weighted by molar-refractivity contribution is 0.0690. The monoisotopic (exact) mass is 387 g/mol. The van der Waals surface area contributed by atoms with Gasteiger partial charge in [-0.1, -0.05) is 11.6 Å². The number of benzene rings is 1. The Morgan fingerprint density at radius 3 is 2.64 bits per heavy atom. The Bertz CT molecular complexity index is 472. The highest BCUT2D eigenvalue weighted by atomic mass is 35.5. The number of hydrogen-bond acceptors (Lipinski definition) is 4. The minimum Gasteiger partial charge on any atom is -0.382 e.